The fourth-order valence-corrected chi connectivity index (χ4v) is 2.15. The van der Waals surface area contributed by atoms with Crippen molar-refractivity contribution in [2.24, 2.45) is 5.73 Å². The van der Waals surface area contributed by atoms with Gasteiger partial charge in [0.05, 0.1) is 0 Å². The van der Waals surface area contributed by atoms with E-state index in [1.165, 1.54) is 0 Å². The number of carboxylic acids is 1. The standard InChI is InChI=1S/C12H14FNO2/c1-7-3-2-4-8(9(7)13)12(5-6-12)10(14)11(15)16/h2-4,10H,5-6,14H2,1H3,(H,15,16). The van der Waals surface area contributed by atoms with Crippen LogP contribution >= 0.6 is 0 Å². The van der Waals surface area contributed by atoms with Gasteiger partial charge >= 0.3 is 5.97 Å². The Morgan fingerprint density at radius 1 is 1.56 bits per heavy atom. The van der Waals surface area contributed by atoms with E-state index < -0.39 is 17.4 Å². The van der Waals surface area contributed by atoms with Crippen LogP contribution in [0.15, 0.2) is 18.2 Å². The van der Waals surface area contributed by atoms with Crippen LogP contribution in [-0.4, -0.2) is 17.1 Å². The van der Waals surface area contributed by atoms with Crippen molar-refractivity contribution < 1.29 is 14.3 Å². The van der Waals surface area contributed by atoms with Gasteiger partial charge in [0.15, 0.2) is 0 Å². The summed E-state index contributed by atoms with van der Waals surface area (Å²) in [5.74, 6) is -1.39. The average Bonchev–Trinajstić information content (AvgIpc) is 3.02. The summed E-state index contributed by atoms with van der Waals surface area (Å²) < 4.78 is 13.9. The van der Waals surface area contributed by atoms with Crippen molar-refractivity contribution >= 4 is 5.97 Å². The summed E-state index contributed by atoms with van der Waals surface area (Å²) in [5, 5.41) is 8.93. The van der Waals surface area contributed by atoms with Gasteiger partial charge in [-0.25, -0.2) is 4.39 Å². The molecule has 0 spiro atoms. The molecular weight excluding hydrogens is 209 g/mol. The third-order valence-electron chi connectivity index (χ3n) is 3.38. The summed E-state index contributed by atoms with van der Waals surface area (Å²) >= 11 is 0. The minimum absolute atomic E-state index is 0.322. The molecule has 0 amide bonds. The van der Waals surface area contributed by atoms with Gasteiger partial charge in [-0.05, 0) is 30.9 Å². The van der Waals surface area contributed by atoms with Crippen LogP contribution in [0.2, 0.25) is 0 Å². The second-order valence-electron chi connectivity index (χ2n) is 4.41. The smallest absolute Gasteiger partial charge is 0.321 e. The summed E-state index contributed by atoms with van der Waals surface area (Å²) in [7, 11) is 0. The quantitative estimate of drug-likeness (QED) is 0.817. The topological polar surface area (TPSA) is 63.3 Å². The van der Waals surface area contributed by atoms with E-state index >= 15 is 0 Å². The Hall–Kier alpha value is -1.42. The molecule has 0 aliphatic heterocycles. The van der Waals surface area contributed by atoms with Crippen molar-refractivity contribution in [2.45, 2.75) is 31.2 Å². The number of hydrogen-bond donors (Lipinski definition) is 2. The Bertz CT molecular complexity index is 441. The van der Waals surface area contributed by atoms with E-state index in [1.807, 2.05) is 0 Å². The first kappa shape index (κ1) is 11.1. The van der Waals surface area contributed by atoms with Gasteiger partial charge in [-0.1, -0.05) is 18.2 Å². The minimum Gasteiger partial charge on any atom is -0.480 e. The van der Waals surface area contributed by atoms with Gasteiger partial charge in [0.2, 0.25) is 0 Å². The van der Waals surface area contributed by atoms with E-state index in [9.17, 15) is 9.18 Å². The normalized spacial score (nSPS) is 19.2. The lowest BCUT2D eigenvalue weighted by atomic mass is 9.87. The maximum atomic E-state index is 13.9. The highest BCUT2D eigenvalue weighted by Gasteiger charge is 2.53. The Balaban J connectivity index is 2.45. The van der Waals surface area contributed by atoms with Gasteiger partial charge in [-0.15, -0.1) is 0 Å². The van der Waals surface area contributed by atoms with Crippen LogP contribution in [0.1, 0.15) is 24.0 Å². The highest BCUT2D eigenvalue weighted by molar-refractivity contribution is 5.77. The van der Waals surface area contributed by atoms with E-state index in [2.05, 4.69) is 0 Å². The van der Waals surface area contributed by atoms with Gasteiger partial charge in [-0.2, -0.15) is 0 Å². The van der Waals surface area contributed by atoms with Crippen LogP contribution < -0.4 is 5.73 Å². The molecule has 1 unspecified atom stereocenters. The highest BCUT2D eigenvalue weighted by atomic mass is 19.1. The first-order chi connectivity index (χ1) is 7.49. The number of rotatable bonds is 3. The molecule has 1 aromatic rings. The molecule has 0 bridgehead atoms. The maximum Gasteiger partial charge on any atom is 0.321 e. The number of benzene rings is 1. The molecular formula is C12H14FNO2. The lowest BCUT2D eigenvalue weighted by molar-refractivity contribution is -0.139. The minimum atomic E-state index is -1.07. The molecule has 1 fully saturated rings. The van der Waals surface area contributed by atoms with E-state index in [4.69, 9.17) is 10.8 Å². The summed E-state index contributed by atoms with van der Waals surface area (Å²) in [6.07, 6.45) is 1.28. The number of aryl methyl sites for hydroxylation is 1. The monoisotopic (exact) mass is 223 g/mol. The van der Waals surface area contributed by atoms with E-state index in [0.717, 1.165) is 0 Å². The van der Waals surface area contributed by atoms with Gasteiger partial charge in [-0.3, -0.25) is 4.79 Å². The molecule has 0 radical (unpaired) electrons. The summed E-state index contributed by atoms with van der Waals surface area (Å²) in [4.78, 5) is 10.9. The van der Waals surface area contributed by atoms with E-state index in [1.54, 1.807) is 25.1 Å². The van der Waals surface area contributed by atoms with Crippen LogP contribution in [0, 0.1) is 12.7 Å². The van der Waals surface area contributed by atoms with Gasteiger partial charge in [0, 0.05) is 5.41 Å². The highest BCUT2D eigenvalue weighted by Crippen LogP contribution is 2.51. The maximum absolute atomic E-state index is 13.9. The van der Waals surface area contributed by atoms with Crippen LogP contribution in [0.3, 0.4) is 0 Å². The lowest BCUT2D eigenvalue weighted by Gasteiger charge is -2.21. The van der Waals surface area contributed by atoms with Crippen molar-refractivity contribution in [3.63, 3.8) is 0 Å². The number of hydrogen-bond acceptors (Lipinski definition) is 2. The van der Waals surface area contributed by atoms with Crippen LogP contribution in [0.5, 0.6) is 0 Å². The Labute approximate surface area is 93.1 Å². The van der Waals surface area contributed by atoms with Crippen LogP contribution in [0.4, 0.5) is 4.39 Å². The molecule has 0 aromatic heterocycles. The molecule has 86 valence electrons. The molecule has 1 aliphatic rings. The van der Waals surface area contributed by atoms with Gasteiger partial charge < -0.3 is 10.8 Å². The first-order valence-corrected chi connectivity index (χ1v) is 5.23. The van der Waals surface area contributed by atoms with Crippen molar-refractivity contribution in [3.8, 4) is 0 Å². The van der Waals surface area contributed by atoms with Crippen LogP contribution in [-0.2, 0) is 10.2 Å². The predicted molar refractivity (Wildman–Crippen MR) is 57.7 cm³/mol. The van der Waals surface area contributed by atoms with Gasteiger partial charge in [0.25, 0.3) is 0 Å². The number of halogens is 1. The van der Waals surface area contributed by atoms with Crippen LogP contribution in [0.25, 0.3) is 0 Å². The molecule has 1 saturated carbocycles. The third-order valence-corrected chi connectivity index (χ3v) is 3.38. The van der Waals surface area contributed by atoms with E-state index in [-0.39, 0.29) is 5.82 Å². The second-order valence-corrected chi connectivity index (χ2v) is 4.41. The fraction of sp³-hybridized carbons (Fsp3) is 0.417. The molecule has 2 rings (SSSR count). The Kier molecular flexibility index (Phi) is 2.46. The number of aliphatic carboxylic acids is 1. The first-order valence-electron chi connectivity index (χ1n) is 5.23. The Morgan fingerprint density at radius 3 is 2.69 bits per heavy atom. The van der Waals surface area contributed by atoms with Crippen molar-refractivity contribution in [2.75, 3.05) is 0 Å². The van der Waals surface area contributed by atoms with Gasteiger partial charge in [0.1, 0.15) is 11.9 Å². The molecule has 1 aliphatic carbocycles. The molecule has 4 heteroatoms. The fourth-order valence-electron chi connectivity index (χ4n) is 2.15. The number of nitrogens with two attached hydrogens (primary N) is 1. The SMILES string of the molecule is Cc1cccc(C2(C(N)C(=O)O)CC2)c1F. The molecule has 3 nitrogen and oxygen atoms in total. The number of carboxylic acid groups (broad SMARTS) is 1. The van der Waals surface area contributed by atoms with Crippen molar-refractivity contribution in [1.82, 2.24) is 0 Å². The zero-order chi connectivity index (χ0) is 11.9. The Morgan fingerprint density at radius 2 is 2.19 bits per heavy atom. The summed E-state index contributed by atoms with van der Waals surface area (Å²) in [5.41, 5.74) is 5.92. The third kappa shape index (κ3) is 1.50. The molecule has 3 N–H and O–H groups in total. The zero-order valence-electron chi connectivity index (χ0n) is 9.03. The summed E-state index contributed by atoms with van der Waals surface area (Å²) in [6, 6.07) is 4.02. The number of carbonyl (C=O) groups is 1. The summed E-state index contributed by atoms with van der Waals surface area (Å²) in [6.45, 7) is 1.67. The lowest BCUT2D eigenvalue weighted by Crippen LogP contribution is -2.42. The molecule has 0 heterocycles. The molecule has 1 aromatic carbocycles. The zero-order valence-corrected chi connectivity index (χ0v) is 9.03. The second kappa shape index (κ2) is 3.56. The average molecular weight is 223 g/mol. The molecule has 16 heavy (non-hydrogen) atoms. The van der Waals surface area contributed by atoms with E-state index in [0.29, 0.717) is 24.0 Å². The predicted octanol–water partition coefficient (Wildman–Crippen LogP) is 1.58. The largest absolute Gasteiger partial charge is 0.480 e. The molecule has 0 saturated heterocycles. The van der Waals surface area contributed by atoms with Crippen molar-refractivity contribution in [1.29, 1.82) is 0 Å². The molecule has 1 atom stereocenters. The van der Waals surface area contributed by atoms with Crippen molar-refractivity contribution in [3.05, 3.63) is 35.1 Å².